The van der Waals surface area contributed by atoms with Gasteiger partial charge in [0, 0.05) is 18.1 Å². The van der Waals surface area contributed by atoms with Gasteiger partial charge in [-0.05, 0) is 48.4 Å². The molecule has 0 heterocycles. The lowest BCUT2D eigenvalue weighted by atomic mass is 10.1. The molecule has 3 aromatic rings. The van der Waals surface area contributed by atoms with E-state index in [2.05, 4.69) is 17.0 Å². The highest BCUT2D eigenvalue weighted by molar-refractivity contribution is 7.90. The summed E-state index contributed by atoms with van der Waals surface area (Å²) in [5.41, 5.74) is 1.39. The summed E-state index contributed by atoms with van der Waals surface area (Å²) in [6.07, 6.45) is 1.84. The molecule has 0 saturated carbocycles. The summed E-state index contributed by atoms with van der Waals surface area (Å²) >= 11 is 6.05. The summed E-state index contributed by atoms with van der Waals surface area (Å²) in [5, 5.41) is 3.80. The standard InChI is InChI=1S/C25H28ClN3O4S/c1-3-4-13-28-22-15-19(25(30)32-2)16-23(24(22)33-21-11-6-5-7-12-21)34(27,31)29-17-18-9-8-10-20(26)14-18/h5-12,14-16,28H,3-4,13,17H2,1-2H3,(H2,27,29,31). The van der Waals surface area contributed by atoms with Crippen molar-refractivity contribution in [2.24, 2.45) is 0 Å². The third kappa shape index (κ3) is 6.72. The molecule has 3 rings (SSSR count). The van der Waals surface area contributed by atoms with Gasteiger partial charge >= 0.3 is 5.97 Å². The summed E-state index contributed by atoms with van der Waals surface area (Å²) in [4.78, 5) is 12.4. The van der Waals surface area contributed by atoms with Crippen molar-refractivity contribution in [2.45, 2.75) is 31.2 Å². The third-order valence-electron chi connectivity index (χ3n) is 4.96. The maximum atomic E-state index is 13.7. The zero-order valence-corrected chi connectivity index (χ0v) is 20.7. The topological polar surface area (TPSA) is 101 Å². The van der Waals surface area contributed by atoms with Crippen LogP contribution >= 0.6 is 11.6 Å². The molecule has 1 atom stereocenters. The van der Waals surface area contributed by atoms with E-state index < -0.39 is 15.9 Å². The van der Waals surface area contributed by atoms with Crippen LogP contribution in [0.4, 0.5) is 5.69 Å². The van der Waals surface area contributed by atoms with Gasteiger partial charge in [-0.25, -0.2) is 18.5 Å². The first-order valence-electron chi connectivity index (χ1n) is 10.8. The van der Waals surface area contributed by atoms with Gasteiger partial charge in [0.05, 0.1) is 18.4 Å². The van der Waals surface area contributed by atoms with Crippen LogP contribution in [0.2, 0.25) is 5.02 Å². The first-order chi connectivity index (χ1) is 16.3. The van der Waals surface area contributed by atoms with Gasteiger partial charge in [0.2, 0.25) is 0 Å². The second-order valence-electron chi connectivity index (χ2n) is 7.55. The molecule has 0 aliphatic rings. The maximum absolute atomic E-state index is 13.7. The van der Waals surface area contributed by atoms with E-state index in [0.717, 1.165) is 18.4 Å². The summed E-state index contributed by atoms with van der Waals surface area (Å²) in [5.74, 6) is 0.128. The fourth-order valence-corrected chi connectivity index (χ4v) is 4.65. The van der Waals surface area contributed by atoms with Crippen molar-refractivity contribution < 1.29 is 18.5 Å². The molecule has 0 saturated heterocycles. The van der Waals surface area contributed by atoms with Crippen LogP contribution in [-0.4, -0.2) is 23.8 Å². The lowest BCUT2D eigenvalue weighted by Gasteiger charge is -2.20. The van der Waals surface area contributed by atoms with Gasteiger partial charge in [0.15, 0.2) is 5.75 Å². The lowest BCUT2D eigenvalue weighted by Crippen LogP contribution is -2.23. The Hall–Kier alpha value is -3.07. The number of carbonyl (C=O) groups excluding carboxylic acids is 1. The molecule has 0 aromatic heterocycles. The SMILES string of the molecule is CCCCNc1cc(C(=O)OC)cc(S(=N)(=O)NCc2cccc(Cl)c2)c1Oc1ccccc1. The number of halogens is 1. The fourth-order valence-electron chi connectivity index (χ4n) is 3.20. The zero-order chi connectivity index (χ0) is 24.6. The molecule has 34 heavy (non-hydrogen) atoms. The number of ether oxygens (including phenoxy) is 2. The lowest BCUT2D eigenvalue weighted by molar-refractivity contribution is 0.0600. The minimum atomic E-state index is -3.61. The number of methoxy groups -OCH3 is 1. The van der Waals surface area contributed by atoms with Crippen molar-refractivity contribution in [3.63, 3.8) is 0 Å². The predicted octanol–water partition coefficient (Wildman–Crippen LogP) is 6.24. The van der Waals surface area contributed by atoms with Crippen LogP contribution in [0.25, 0.3) is 0 Å². The summed E-state index contributed by atoms with van der Waals surface area (Å²) in [7, 11) is -2.33. The van der Waals surface area contributed by atoms with Crippen LogP contribution < -0.4 is 14.8 Å². The highest BCUT2D eigenvalue weighted by Crippen LogP contribution is 2.38. The maximum Gasteiger partial charge on any atom is 0.337 e. The number of unbranched alkanes of at least 4 members (excludes halogenated alkanes) is 1. The molecular weight excluding hydrogens is 474 g/mol. The van der Waals surface area contributed by atoms with Crippen molar-refractivity contribution in [2.75, 3.05) is 19.0 Å². The van der Waals surface area contributed by atoms with Crippen LogP contribution in [0, 0.1) is 4.78 Å². The van der Waals surface area contributed by atoms with Crippen molar-refractivity contribution in [1.82, 2.24) is 4.72 Å². The van der Waals surface area contributed by atoms with E-state index in [1.807, 2.05) is 24.3 Å². The molecule has 0 spiro atoms. The Balaban J connectivity index is 2.08. The van der Waals surface area contributed by atoms with E-state index in [0.29, 0.717) is 23.0 Å². The quantitative estimate of drug-likeness (QED) is 0.213. The zero-order valence-electron chi connectivity index (χ0n) is 19.1. The van der Waals surface area contributed by atoms with Gasteiger partial charge in [0.25, 0.3) is 0 Å². The number of nitrogens with one attached hydrogen (secondary N) is 3. The molecule has 0 aliphatic heterocycles. The first kappa shape index (κ1) is 25.6. The summed E-state index contributed by atoms with van der Waals surface area (Å²) in [6.45, 7) is 2.81. The normalized spacial score (nSPS) is 12.6. The van der Waals surface area contributed by atoms with Gasteiger partial charge in [0.1, 0.15) is 20.6 Å². The molecule has 7 nitrogen and oxygen atoms in total. The molecule has 9 heteroatoms. The van der Waals surface area contributed by atoms with Gasteiger partial charge in [-0.1, -0.05) is 55.3 Å². The van der Waals surface area contributed by atoms with Gasteiger partial charge < -0.3 is 14.8 Å². The minimum Gasteiger partial charge on any atom is -0.465 e. The molecule has 0 fully saturated rings. The van der Waals surface area contributed by atoms with E-state index in [4.69, 9.17) is 25.9 Å². The van der Waals surface area contributed by atoms with Crippen LogP contribution in [0.15, 0.2) is 71.6 Å². The van der Waals surface area contributed by atoms with Crippen molar-refractivity contribution in [3.05, 3.63) is 82.9 Å². The molecule has 3 aromatic carbocycles. The van der Waals surface area contributed by atoms with Gasteiger partial charge in [-0.15, -0.1) is 0 Å². The highest BCUT2D eigenvalue weighted by atomic mass is 35.5. The largest absolute Gasteiger partial charge is 0.465 e. The Morgan fingerprint density at radius 2 is 1.85 bits per heavy atom. The van der Waals surface area contributed by atoms with Crippen LogP contribution in [-0.2, 0) is 21.2 Å². The number of hydrogen-bond donors (Lipinski definition) is 3. The average Bonchev–Trinajstić information content (AvgIpc) is 2.84. The molecule has 0 bridgehead atoms. The number of anilines is 1. The summed E-state index contributed by atoms with van der Waals surface area (Å²) in [6, 6.07) is 19.1. The van der Waals surface area contributed by atoms with Crippen LogP contribution in [0.5, 0.6) is 11.5 Å². The van der Waals surface area contributed by atoms with Crippen LogP contribution in [0.1, 0.15) is 35.7 Å². The third-order valence-corrected chi connectivity index (χ3v) is 6.67. The Bertz CT molecular complexity index is 1230. The molecule has 180 valence electrons. The van der Waals surface area contributed by atoms with Gasteiger partial charge in [-0.3, -0.25) is 0 Å². The fraction of sp³-hybridized carbons (Fsp3) is 0.240. The number of carbonyl (C=O) groups is 1. The molecule has 0 radical (unpaired) electrons. The van der Waals surface area contributed by atoms with Gasteiger partial charge in [-0.2, -0.15) is 0 Å². The number of rotatable bonds is 11. The summed E-state index contributed by atoms with van der Waals surface area (Å²) < 4.78 is 36.2. The Morgan fingerprint density at radius 3 is 2.53 bits per heavy atom. The predicted molar refractivity (Wildman–Crippen MR) is 135 cm³/mol. The molecule has 0 amide bonds. The Morgan fingerprint density at radius 1 is 1.09 bits per heavy atom. The number of para-hydroxylation sites is 1. The van der Waals surface area contributed by atoms with Crippen molar-refractivity contribution in [3.8, 4) is 11.5 Å². The number of hydrogen-bond acceptors (Lipinski definition) is 6. The Labute approximate surface area is 205 Å². The molecule has 1 unspecified atom stereocenters. The number of benzene rings is 3. The monoisotopic (exact) mass is 501 g/mol. The van der Waals surface area contributed by atoms with E-state index >= 15 is 0 Å². The molecule has 0 aliphatic carbocycles. The average molecular weight is 502 g/mol. The minimum absolute atomic E-state index is 0.0419. The first-order valence-corrected chi connectivity index (χ1v) is 12.8. The molecule has 3 N–H and O–H groups in total. The number of esters is 1. The van der Waals surface area contributed by atoms with Crippen LogP contribution in [0.3, 0.4) is 0 Å². The smallest absolute Gasteiger partial charge is 0.337 e. The highest BCUT2D eigenvalue weighted by Gasteiger charge is 2.24. The van der Waals surface area contributed by atoms with E-state index in [-0.39, 0.29) is 22.8 Å². The van der Waals surface area contributed by atoms with E-state index in [1.54, 1.807) is 36.4 Å². The van der Waals surface area contributed by atoms with E-state index in [1.165, 1.54) is 13.2 Å². The van der Waals surface area contributed by atoms with E-state index in [9.17, 15) is 9.00 Å². The van der Waals surface area contributed by atoms with Crippen molar-refractivity contribution >= 4 is 33.2 Å². The Kier molecular flexibility index (Phi) is 8.92. The van der Waals surface area contributed by atoms with Crippen molar-refractivity contribution in [1.29, 1.82) is 4.78 Å². The second kappa shape index (κ2) is 11.9. The second-order valence-corrected chi connectivity index (χ2v) is 9.82. The molecular formula is C25H28ClN3O4S.